The average Bonchev–Trinajstić information content (AvgIpc) is 1.97. The van der Waals surface area contributed by atoms with Crippen LogP contribution in [0.15, 0.2) is 17.3 Å². The summed E-state index contributed by atoms with van der Waals surface area (Å²) in [6, 6.07) is 0. The maximum absolute atomic E-state index is 10.6. The number of nitrogens with zero attached hydrogens (tertiary/aromatic N) is 1. The summed E-state index contributed by atoms with van der Waals surface area (Å²) in [6.07, 6.45) is 0.715. The van der Waals surface area contributed by atoms with Crippen molar-refractivity contribution in [1.82, 2.24) is 0 Å². The first kappa shape index (κ1) is 10.3. The van der Waals surface area contributed by atoms with Crippen LogP contribution < -0.4 is 0 Å². The second kappa shape index (κ2) is 5.06. The predicted molar refractivity (Wildman–Crippen MR) is 41.7 cm³/mol. The van der Waals surface area contributed by atoms with E-state index in [1.165, 1.54) is 6.92 Å². The molecular weight excluding hydrogens is 162 g/mol. The molecular formula is C7H9NO4. The fourth-order valence-electron chi connectivity index (χ4n) is 0.278. The topological polar surface area (TPSA) is 76.0 Å². The highest BCUT2D eigenvalue weighted by Gasteiger charge is 2.00. The van der Waals surface area contributed by atoms with Gasteiger partial charge in [0.05, 0.1) is 12.6 Å². The van der Waals surface area contributed by atoms with Crippen LogP contribution >= 0.6 is 0 Å². The number of carboxylic acids is 1. The maximum Gasteiger partial charge on any atom is 0.360 e. The normalized spacial score (nSPS) is 9.75. The van der Waals surface area contributed by atoms with Crippen molar-refractivity contribution in [3.63, 3.8) is 0 Å². The van der Waals surface area contributed by atoms with Crippen LogP contribution in [0.2, 0.25) is 0 Å². The molecule has 0 atom stereocenters. The fourth-order valence-corrected chi connectivity index (χ4v) is 0.278. The molecule has 0 aromatic carbocycles. The zero-order valence-electron chi connectivity index (χ0n) is 6.61. The SMILES string of the molecule is C=C(C)C(=O)ON=CCC(=O)O. The second-order valence-electron chi connectivity index (χ2n) is 2.04. The van der Waals surface area contributed by atoms with Gasteiger partial charge in [0.15, 0.2) is 0 Å². The Morgan fingerprint density at radius 1 is 1.67 bits per heavy atom. The van der Waals surface area contributed by atoms with E-state index in [2.05, 4.69) is 16.6 Å². The largest absolute Gasteiger partial charge is 0.481 e. The van der Waals surface area contributed by atoms with Gasteiger partial charge in [-0.05, 0) is 6.92 Å². The molecule has 0 aliphatic rings. The van der Waals surface area contributed by atoms with Gasteiger partial charge in [-0.1, -0.05) is 11.7 Å². The third-order valence-electron chi connectivity index (χ3n) is 0.825. The number of hydrogen-bond donors (Lipinski definition) is 1. The van der Waals surface area contributed by atoms with E-state index in [1.54, 1.807) is 0 Å². The average molecular weight is 171 g/mol. The van der Waals surface area contributed by atoms with Gasteiger partial charge in [-0.25, -0.2) is 4.79 Å². The van der Waals surface area contributed by atoms with Gasteiger partial charge in [-0.2, -0.15) is 0 Å². The molecule has 0 rings (SSSR count). The molecule has 0 heterocycles. The molecule has 0 amide bonds. The van der Waals surface area contributed by atoms with Crippen molar-refractivity contribution in [1.29, 1.82) is 0 Å². The molecule has 0 aliphatic carbocycles. The van der Waals surface area contributed by atoms with Gasteiger partial charge >= 0.3 is 11.9 Å². The summed E-state index contributed by atoms with van der Waals surface area (Å²) < 4.78 is 0. The summed E-state index contributed by atoms with van der Waals surface area (Å²) in [6.45, 7) is 4.77. The number of carbonyl (C=O) groups is 2. The van der Waals surface area contributed by atoms with Crippen molar-refractivity contribution in [3.05, 3.63) is 12.2 Å². The van der Waals surface area contributed by atoms with Crippen LogP contribution in [0.4, 0.5) is 0 Å². The van der Waals surface area contributed by atoms with E-state index in [-0.39, 0.29) is 12.0 Å². The van der Waals surface area contributed by atoms with Crippen molar-refractivity contribution in [3.8, 4) is 0 Å². The minimum Gasteiger partial charge on any atom is -0.481 e. The lowest BCUT2D eigenvalue weighted by Gasteiger charge is -1.92. The highest BCUT2D eigenvalue weighted by atomic mass is 16.7. The van der Waals surface area contributed by atoms with E-state index in [0.29, 0.717) is 0 Å². The Morgan fingerprint density at radius 2 is 2.25 bits per heavy atom. The van der Waals surface area contributed by atoms with Crippen molar-refractivity contribution >= 4 is 18.2 Å². The molecule has 0 aliphatic heterocycles. The van der Waals surface area contributed by atoms with Crippen LogP contribution in [-0.4, -0.2) is 23.3 Å². The molecule has 5 nitrogen and oxygen atoms in total. The van der Waals surface area contributed by atoms with E-state index in [4.69, 9.17) is 5.11 Å². The molecule has 0 aromatic heterocycles. The Bertz CT molecular complexity index is 232. The lowest BCUT2D eigenvalue weighted by molar-refractivity contribution is -0.139. The molecule has 12 heavy (non-hydrogen) atoms. The Morgan fingerprint density at radius 3 is 2.67 bits per heavy atom. The van der Waals surface area contributed by atoms with E-state index >= 15 is 0 Å². The zero-order chi connectivity index (χ0) is 9.56. The van der Waals surface area contributed by atoms with Crippen LogP contribution in [0.25, 0.3) is 0 Å². The van der Waals surface area contributed by atoms with E-state index in [0.717, 1.165) is 6.21 Å². The van der Waals surface area contributed by atoms with Gasteiger partial charge < -0.3 is 9.94 Å². The van der Waals surface area contributed by atoms with Gasteiger partial charge in [0, 0.05) is 5.57 Å². The number of carbonyl (C=O) groups excluding carboxylic acids is 1. The van der Waals surface area contributed by atoms with Crippen molar-refractivity contribution in [2.75, 3.05) is 0 Å². The third kappa shape index (κ3) is 5.16. The molecule has 0 fully saturated rings. The van der Waals surface area contributed by atoms with Crippen molar-refractivity contribution in [2.24, 2.45) is 5.16 Å². The molecule has 1 N–H and O–H groups in total. The molecule has 5 heteroatoms. The summed E-state index contributed by atoms with van der Waals surface area (Å²) in [5.74, 6) is -1.71. The molecule has 66 valence electrons. The summed E-state index contributed by atoms with van der Waals surface area (Å²) >= 11 is 0. The first-order valence-corrected chi connectivity index (χ1v) is 3.14. The number of carboxylic acid groups (broad SMARTS) is 1. The van der Waals surface area contributed by atoms with Gasteiger partial charge in [0.2, 0.25) is 0 Å². The summed E-state index contributed by atoms with van der Waals surface area (Å²) in [4.78, 5) is 24.8. The van der Waals surface area contributed by atoms with Gasteiger partial charge in [-0.3, -0.25) is 4.79 Å². The number of rotatable bonds is 4. The summed E-state index contributed by atoms with van der Waals surface area (Å²) in [7, 11) is 0. The van der Waals surface area contributed by atoms with Crippen LogP contribution in [0.5, 0.6) is 0 Å². The molecule has 0 saturated carbocycles. The van der Waals surface area contributed by atoms with Gasteiger partial charge in [0.25, 0.3) is 0 Å². The molecule has 0 bridgehead atoms. The summed E-state index contributed by atoms with van der Waals surface area (Å²) in [5, 5.41) is 11.3. The molecule has 0 unspecified atom stereocenters. The fraction of sp³-hybridized carbons (Fsp3) is 0.286. The lowest BCUT2D eigenvalue weighted by atomic mass is 10.4. The standard InChI is InChI=1S/C7H9NO4/c1-5(2)7(11)12-8-4-3-6(9)10/h4H,1,3H2,2H3,(H,9,10). The molecule has 0 saturated heterocycles. The lowest BCUT2D eigenvalue weighted by Crippen LogP contribution is -2.01. The predicted octanol–water partition coefficient (Wildman–Crippen LogP) is 0.566. The first-order valence-electron chi connectivity index (χ1n) is 3.14. The van der Waals surface area contributed by atoms with Gasteiger partial charge in [0.1, 0.15) is 0 Å². The Hall–Kier alpha value is -1.65. The Kier molecular flexibility index (Phi) is 4.36. The molecule has 0 spiro atoms. The number of aliphatic carboxylic acids is 1. The third-order valence-corrected chi connectivity index (χ3v) is 0.825. The monoisotopic (exact) mass is 171 g/mol. The van der Waals surface area contributed by atoms with Crippen LogP contribution in [-0.2, 0) is 14.4 Å². The van der Waals surface area contributed by atoms with Crippen molar-refractivity contribution in [2.45, 2.75) is 13.3 Å². The smallest absolute Gasteiger partial charge is 0.360 e. The minimum absolute atomic E-state index is 0.211. The maximum atomic E-state index is 10.6. The van der Waals surface area contributed by atoms with Crippen LogP contribution in [0.1, 0.15) is 13.3 Å². The van der Waals surface area contributed by atoms with Crippen LogP contribution in [0, 0.1) is 0 Å². The van der Waals surface area contributed by atoms with Crippen LogP contribution in [0.3, 0.4) is 0 Å². The van der Waals surface area contributed by atoms with E-state index in [9.17, 15) is 9.59 Å². The highest BCUT2D eigenvalue weighted by molar-refractivity contribution is 5.88. The van der Waals surface area contributed by atoms with E-state index in [1.807, 2.05) is 0 Å². The Labute approximate surface area is 69.3 Å². The van der Waals surface area contributed by atoms with E-state index < -0.39 is 11.9 Å². The molecule has 0 radical (unpaired) electrons. The molecule has 0 aromatic rings. The number of hydrogen-bond acceptors (Lipinski definition) is 4. The minimum atomic E-state index is -1.04. The second-order valence-corrected chi connectivity index (χ2v) is 2.04. The Balaban J connectivity index is 3.68. The zero-order valence-corrected chi connectivity index (χ0v) is 6.61. The highest BCUT2D eigenvalue weighted by Crippen LogP contribution is 1.91. The van der Waals surface area contributed by atoms with Gasteiger partial charge in [-0.15, -0.1) is 0 Å². The summed E-state index contributed by atoms with van der Waals surface area (Å²) in [5.41, 5.74) is 0.211. The number of oxime groups is 1. The quantitative estimate of drug-likeness (QED) is 0.290. The van der Waals surface area contributed by atoms with Crippen molar-refractivity contribution < 1.29 is 19.5 Å². The first-order chi connectivity index (χ1) is 5.54.